The van der Waals surface area contributed by atoms with E-state index in [1.165, 1.54) is 5.56 Å². The second-order valence-corrected chi connectivity index (χ2v) is 8.87. The zero-order valence-corrected chi connectivity index (χ0v) is 19.5. The van der Waals surface area contributed by atoms with Gasteiger partial charge in [0.25, 0.3) is 5.91 Å². The third kappa shape index (κ3) is 4.37. The maximum atomic E-state index is 12.7. The number of halogens is 2. The van der Waals surface area contributed by atoms with Crippen LogP contribution in [0.15, 0.2) is 65.1 Å². The summed E-state index contributed by atoms with van der Waals surface area (Å²) in [4.78, 5) is 17.3. The van der Waals surface area contributed by atoms with Gasteiger partial charge in [0, 0.05) is 14.8 Å². The highest BCUT2D eigenvalue weighted by Gasteiger charge is 2.14. The van der Waals surface area contributed by atoms with Crippen LogP contribution in [-0.4, -0.2) is 10.9 Å². The van der Waals surface area contributed by atoms with Crippen LogP contribution in [0.25, 0.3) is 22.6 Å². The lowest BCUT2D eigenvalue weighted by Crippen LogP contribution is -2.12. The SMILES string of the molecule is CC[C@H](C)c1ccc2oc(-c3cccc(NC(=O)c4cc(I)ccc4Cl)c3)nc2c1. The first-order chi connectivity index (χ1) is 14.4. The molecule has 1 aromatic heterocycles. The van der Waals surface area contributed by atoms with Crippen LogP contribution >= 0.6 is 34.2 Å². The standard InChI is InChI=1S/C24H20ClIN2O2/c1-3-14(2)15-7-10-22-21(12-15)28-24(30-22)16-5-4-6-18(11-16)27-23(29)19-13-17(26)8-9-20(19)25/h4-14H,3H2,1-2H3,(H,27,29)/t14-/m0/s1. The Morgan fingerprint density at radius 2 is 2.00 bits per heavy atom. The van der Waals surface area contributed by atoms with Gasteiger partial charge in [-0.05, 0) is 89.0 Å². The van der Waals surface area contributed by atoms with Crippen molar-refractivity contribution in [2.24, 2.45) is 0 Å². The van der Waals surface area contributed by atoms with Crippen LogP contribution in [0.5, 0.6) is 0 Å². The van der Waals surface area contributed by atoms with E-state index in [0.29, 0.717) is 28.1 Å². The minimum atomic E-state index is -0.258. The maximum Gasteiger partial charge on any atom is 0.257 e. The Morgan fingerprint density at radius 1 is 1.17 bits per heavy atom. The summed E-state index contributed by atoms with van der Waals surface area (Å²) < 4.78 is 6.90. The molecule has 4 aromatic rings. The van der Waals surface area contributed by atoms with Gasteiger partial charge in [0.15, 0.2) is 5.58 Å². The highest BCUT2D eigenvalue weighted by atomic mass is 127. The van der Waals surface area contributed by atoms with Crippen molar-refractivity contribution in [1.82, 2.24) is 4.98 Å². The average molecular weight is 531 g/mol. The average Bonchev–Trinajstić information content (AvgIpc) is 3.18. The fraction of sp³-hybridized carbons (Fsp3) is 0.167. The van der Waals surface area contributed by atoms with Gasteiger partial charge in [-0.15, -0.1) is 0 Å². The molecule has 4 rings (SSSR count). The Hall–Kier alpha value is -2.38. The van der Waals surface area contributed by atoms with Gasteiger partial charge in [-0.2, -0.15) is 0 Å². The monoisotopic (exact) mass is 530 g/mol. The van der Waals surface area contributed by atoms with Gasteiger partial charge in [0.2, 0.25) is 5.89 Å². The minimum Gasteiger partial charge on any atom is -0.436 e. The van der Waals surface area contributed by atoms with Gasteiger partial charge in [-0.25, -0.2) is 4.98 Å². The van der Waals surface area contributed by atoms with Gasteiger partial charge in [-0.3, -0.25) is 4.79 Å². The lowest BCUT2D eigenvalue weighted by atomic mass is 9.98. The molecule has 0 unspecified atom stereocenters. The topological polar surface area (TPSA) is 55.1 Å². The summed E-state index contributed by atoms with van der Waals surface area (Å²) in [6.45, 7) is 4.38. The van der Waals surface area contributed by atoms with Gasteiger partial charge >= 0.3 is 0 Å². The molecule has 3 aromatic carbocycles. The van der Waals surface area contributed by atoms with E-state index in [0.717, 1.165) is 26.7 Å². The van der Waals surface area contributed by atoms with Crippen molar-refractivity contribution in [2.45, 2.75) is 26.2 Å². The Labute approximate surface area is 193 Å². The molecule has 4 nitrogen and oxygen atoms in total. The number of aromatic nitrogens is 1. The van der Waals surface area contributed by atoms with E-state index in [1.54, 1.807) is 12.1 Å². The fourth-order valence-electron chi connectivity index (χ4n) is 3.21. The summed E-state index contributed by atoms with van der Waals surface area (Å²) in [5.41, 5.74) is 4.71. The summed E-state index contributed by atoms with van der Waals surface area (Å²) >= 11 is 8.34. The number of nitrogens with one attached hydrogen (secondary N) is 1. The molecule has 6 heteroatoms. The Morgan fingerprint density at radius 3 is 2.80 bits per heavy atom. The molecule has 0 radical (unpaired) electrons. The van der Waals surface area contributed by atoms with E-state index >= 15 is 0 Å². The van der Waals surface area contributed by atoms with E-state index in [9.17, 15) is 4.79 Å². The van der Waals surface area contributed by atoms with Crippen molar-refractivity contribution in [3.05, 3.63) is 80.4 Å². The van der Waals surface area contributed by atoms with Crippen LogP contribution in [0, 0.1) is 3.57 Å². The lowest BCUT2D eigenvalue weighted by molar-refractivity contribution is 0.102. The number of carbonyl (C=O) groups excluding carboxylic acids is 1. The molecule has 0 saturated heterocycles. The largest absolute Gasteiger partial charge is 0.436 e. The minimum absolute atomic E-state index is 0.258. The fourth-order valence-corrected chi connectivity index (χ4v) is 3.90. The second-order valence-electron chi connectivity index (χ2n) is 7.21. The lowest BCUT2D eigenvalue weighted by Gasteiger charge is -2.08. The Bertz CT molecular complexity index is 1240. The number of amides is 1. The van der Waals surface area contributed by atoms with E-state index in [1.807, 2.05) is 36.4 Å². The summed E-state index contributed by atoms with van der Waals surface area (Å²) in [5.74, 6) is 0.738. The molecule has 1 N–H and O–H groups in total. The number of anilines is 1. The Balaban J connectivity index is 1.61. The molecular formula is C24H20ClIN2O2. The van der Waals surface area contributed by atoms with E-state index < -0.39 is 0 Å². The normalized spacial score (nSPS) is 12.1. The predicted octanol–water partition coefficient (Wildman–Crippen LogP) is 7.52. The van der Waals surface area contributed by atoms with Crippen molar-refractivity contribution in [3.8, 4) is 11.5 Å². The molecule has 30 heavy (non-hydrogen) atoms. The van der Waals surface area contributed by atoms with Gasteiger partial charge < -0.3 is 9.73 Å². The molecular weight excluding hydrogens is 511 g/mol. The molecule has 0 fully saturated rings. The van der Waals surface area contributed by atoms with Crippen LogP contribution in [0.2, 0.25) is 5.02 Å². The number of carbonyl (C=O) groups is 1. The van der Waals surface area contributed by atoms with Crippen LogP contribution in [0.1, 0.15) is 42.1 Å². The highest BCUT2D eigenvalue weighted by Crippen LogP contribution is 2.29. The van der Waals surface area contributed by atoms with Crippen molar-refractivity contribution >= 4 is 56.9 Å². The van der Waals surface area contributed by atoms with E-state index in [4.69, 9.17) is 16.0 Å². The first-order valence-electron chi connectivity index (χ1n) is 9.72. The number of fused-ring (bicyclic) bond motifs is 1. The zero-order valence-electron chi connectivity index (χ0n) is 16.6. The van der Waals surface area contributed by atoms with Crippen LogP contribution in [-0.2, 0) is 0 Å². The van der Waals surface area contributed by atoms with Crippen molar-refractivity contribution in [2.75, 3.05) is 5.32 Å². The summed E-state index contributed by atoms with van der Waals surface area (Å²) in [5, 5.41) is 3.32. The van der Waals surface area contributed by atoms with Gasteiger partial charge in [0.1, 0.15) is 5.52 Å². The second kappa shape index (κ2) is 8.78. The number of oxazole rings is 1. The molecule has 0 aliphatic heterocycles. The first-order valence-corrected chi connectivity index (χ1v) is 11.2. The molecule has 0 spiro atoms. The van der Waals surface area contributed by atoms with Crippen LogP contribution < -0.4 is 5.32 Å². The number of hydrogen-bond donors (Lipinski definition) is 1. The first kappa shape index (κ1) is 20.9. The van der Waals surface area contributed by atoms with Crippen LogP contribution in [0.4, 0.5) is 5.69 Å². The molecule has 1 heterocycles. The maximum absolute atomic E-state index is 12.7. The molecule has 1 atom stereocenters. The zero-order chi connectivity index (χ0) is 21.3. The highest BCUT2D eigenvalue weighted by molar-refractivity contribution is 14.1. The van der Waals surface area contributed by atoms with Gasteiger partial charge in [-0.1, -0.05) is 37.6 Å². The number of rotatable bonds is 5. The number of benzene rings is 3. The third-order valence-electron chi connectivity index (χ3n) is 5.13. The Kier molecular flexibility index (Phi) is 6.11. The van der Waals surface area contributed by atoms with Gasteiger partial charge in [0.05, 0.1) is 10.6 Å². The third-order valence-corrected chi connectivity index (χ3v) is 6.13. The predicted molar refractivity (Wildman–Crippen MR) is 130 cm³/mol. The van der Waals surface area contributed by atoms with E-state index in [-0.39, 0.29) is 5.91 Å². The van der Waals surface area contributed by atoms with Crippen molar-refractivity contribution in [1.29, 1.82) is 0 Å². The van der Waals surface area contributed by atoms with Crippen molar-refractivity contribution < 1.29 is 9.21 Å². The molecule has 0 saturated carbocycles. The van der Waals surface area contributed by atoms with Crippen molar-refractivity contribution in [3.63, 3.8) is 0 Å². The molecule has 0 bridgehead atoms. The number of hydrogen-bond acceptors (Lipinski definition) is 3. The smallest absolute Gasteiger partial charge is 0.257 e. The quantitative estimate of drug-likeness (QED) is 0.272. The van der Waals surface area contributed by atoms with E-state index in [2.05, 4.69) is 58.9 Å². The summed E-state index contributed by atoms with van der Waals surface area (Å²) in [7, 11) is 0. The number of nitrogens with zero attached hydrogens (tertiary/aromatic N) is 1. The summed E-state index contributed by atoms with van der Waals surface area (Å²) in [6, 6.07) is 18.9. The molecule has 1 amide bonds. The molecule has 0 aliphatic carbocycles. The molecule has 0 aliphatic rings. The molecule has 152 valence electrons. The summed E-state index contributed by atoms with van der Waals surface area (Å²) in [6.07, 6.45) is 1.07. The van der Waals surface area contributed by atoms with Crippen LogP contribution in [0.3, 0.4) is 0 Å².